The second-order valence-corrected chi connectivity index (χ2v) is 6.74. The highest BCUT2D eigenvalue weighted by molar-refractivity contribution is 5.81. The fourth-order valence-corrected chi connectivity index (χ4v) is 4.39. The molecule has 2 fully saturated rings. The summed E-state index contributed by atoms with van der Waals surface area (Å²) in [5.74, 6) is -4.41. The Morgan fingerprint density at radius 2 is 1.48 bits per heavy atom. The van der Waals surface area contributed by atoms with Gasteiger partial charge in [0.2, 0.25) is 0 Å². The molecule has 0 aromatic carbocycles. The smallest absolute Gasteiger partial charge is 0.426 e. The number of carbonyl (C=O) groups excluding carboxylic acids is 1. The average Bonchev–Trinajstić information content (AvgIpc) is 2.51. The summed E-state index contributed by atoms with van der Waals surface area (Å²) in [6, 6.07) is 0. The Kier molecular flexibility index (Phi) is 5.47. The number of hydrogen-bond donors (Lipinski definition) is 1. The third kappa shape index (κ3) is 3.52. The van der Waals surface area contributed by atoms with E-state index in [9.17, 15) is 36.2 Å². The van der Waals surface area contributed by atoms with Crippen molar-refractivity contribution in [1.82, 2.24) is 0 Å². The molecule has 4 unspecified atom stereocenters. The van der Waals surface area contributed by atoms with E-state index in [4.69, 9.17) is 4.74 Å². The quantitative estimate of drug-likeness (QED) is 0.459. The maximum absolute atomic E-state index is 13.2. The van der Waals surface area contributed by atoms with Gasteiger partial charge in [-0.3, -0.25) is 0 Å². The zero-order valence-electron chi connectivity index (χ0n) is 13.4. The van der Waals surface area contributed by atoms with Gasteiger partial charge in [-0.05, 0) is 43.9 Å². The molecule has 9 heteroatoms. The molecule has 1 N–H and O–H groups in total. The van der Waals surface area contributed by atoms with Gasteiger partial charge in [0.1, 0.15) is 6.10 Å². The van der Waals surface area contributed by atoms with Crippen LogP contribution in [0.3, 0.4) is 0 Å². The van der Waals surface area contributed by atoms with E-state index in [0.29, 0.717) is 19.3 Å². The van der Waals surface area contributed by atoms with Crippen LogP contribution in [0.25, 0.3) is 0 Å². The lowest BCUT2D eigenvalue weighted by Crippen LogP contribution is -2.65. The normalized spacial score (nSPS) is 31.2. The molecule has 2 aliphatic carbocycles. The molecule has 0 aromatic heterocycles. The maximum Gasteiger partial charge on any atom is 0.426 e. The van der Waals surface area contributed by atoms with Crippen molar-refractivity contribution in [3.8, 4) is 0 Å². The minimum Gasteiger partial charge on any atom is -0.459 e. The highest BCUT2D eigenvalue weighted by Crippen LogP contribution is 2.57. The summed E-state index contributed by atoms with van der Waals surface area (Å²) in [7, 11) is 0. The van der Waals surface area contributed by atoms with Gasteiger partial charge in [0.05, 0.1) is 0 Å². The molecule has 144 valence electrons. The monoisotopic (exact) mass is 374 g/mol. The SMILES string of the molecule is C=CC(=O)OC1CCCC2C1CCCC2C(O)(C(F)(F)F)C(F)(F)F. The number of alkyl halides is 6. The molecule has 4 atom stereocenters. The van der Waals surface area contributed by atoms with Crippen LogP contribution < -0.4 is 0 Å². The summed E-state index contributed by atoms with van der Waals surface area (Å²) in [5.41, 5.74) is -4.76. The first-order chi connectivity index (χ1) is 11.4. The van der Waals surface area contributed by atoms with Crippen molar-refractivity contribution in [1.29, 1.82) is 0 Å². The average molecular weight is 374 g/mol. The second kappa shape index (κ2) is 6.81. The van der Waals surface area contributed by atoms with Crippen molar-refractivity contribution in [3.05, 3.63) is 12.7 Å². The summed E-state index contributed by atoms with van der Waals surface area (Å²) in [4.78, 5) is 11.4. The minimum atomic E-state index is -5.83. The van der Waals surface area contributed by atoms with Crippen molar-refractivity contribution in [2.45, 2.75) is 62.6 Å². The van der Waals surface area contributed by atoms with Crippen LogP contribution in [-0.4, -0.2) is 35.1 Å². The fraction of sp³-hybridized carbons (Fsp3) is 0.812. The zero-order chi connectivity index (χ0) is 19.0. The molecule has 0 radical (unpaired) electrons. The molecule has 0 bridgehead atoms. The number of ether oxygens (including phenoxy) is 1. The largest absolute Gasteiger partial charge is 0.459 e. The van der Waals surface area contributed by atoms with Gasteiger partial charge in [0.25, 0.3) is 5.60 Å². The van der Waals surface area contributed by atoms with Gasteiger partial charge >= 0.3 is 18.3 Å². The Balaban J connectivity index is 2.35. The minimum absolute atomic E-state index is 0.0996. The summed E-state index contributed by atoms with van der Waals surface area (Å²) in [5, 5.41) is 9.79. The third-order valence-corrected chi connectivity index (χ3v) is 5.46. The van der Waals surface area contributed by atoms with Gasteiger partial charge in [0.15, 0.2) is 0 Å². The highest BCUT2D eigenvalue weighted by atomic mass is 19.4. The molecule has 0 aliphatic heterocycles. The van der Waals surface area contributed by atoms with Crippen molar-refractivity contribution >= 4 is 5.97 Å². The van der Waals surface area contributed by atoms with Gasteiger partial charge in [-0.15, -0.1) is 0 Å². The molecule has 0 saturated heterocycles. The Morgan fingerprint density at radius 1 is 0.960 bits per heavy atom. The van der Waals surface area contributed by atoms with E-state index < -0.39 is 47.8 Å². The Bertz CT molecular complexity index is 499. The van der Waals surface area contributed by atoms with Crippen LogP contribution in [0.1, 0.15) is 38.5 Å². The standard InChI is InChI=1S/C16H20F6O3/c1-2-13(23)25-12-8-4-5-9-10(12)6-3-7-11(9)14(24,15(17,18)19)16(20,21)22/h2,9-12,24H,1,3-8H2. The third-order valence-electron chi connectivity index (χ3n) is 5.46. The molecule has 25 heavy (non-hydrogen) atoms. The number of esters is 1. The zero-order valence-corrected chi connectivity index (χ0v) is 13.4. The van der Waals surface area contributed by atoms with E-state index in [-0.39, 0.29) is 19.3 Å². The predicted molar refractivity (Wildman–Crippen MR) is 75.3 cm³/mol. The van der Waals surface area contributed by atoms with Gasteiger partial charge in [0, 0.05) is 12.0 Å². The van der Waals surface area contributed by atoms with Crippen LogP contribution in [0.5, 0.6) is 0 Å². The van der Waals surface area contributed by atoms with Crippen molar-refractivity contribution in [3.63, 3.8) is 0 Å². The molecular weight excluding hydrogens is 354 g/mol. The molecule has 0 aromatic rings. The predicted octanol–water partition coefficient (Wildman–Crippen LogP) is 4.16. The van der Waals surface area contributed by atoms with E-state index in [2.05, 4.69) is 6.58 Å². The first kappa shape index (κ1) is 20.1. The molecule has 2 rings (SSSR count). The van der Waals surface area contributed by atoms with Crippen LogP contribution in [0.15, 0.2) is 12.7 Å². The van der Waals surface area contributed by atoms with Gasteiger partial charge in [-0.2, -0.15) is 26.3 Å². The highest BCUT2D eigenvalue weighted by Gasteiger charge is 2.75. The Morgan fingerprint density at radius 3 is 2.00 bits per heavy atom. The lowest BCUT2D eigenvalue weighted by molar-refractivity contribution is -0.394. The van der Waals surface area contributed by atoms with Crippen LogP contribution in [-0.2, 0) is 9.53 Å². The lowest BCUT2D eigenvalue weighted by Gasteiger charge is -2.50. The number of hydrogen-bond acceptors (Lipinski definition) is 3. The van der Waals surface area contributed by atoms with E-state index in [1.165, 1.54) is 0 Å². The van der Waals surface area contributed by atoms with Crippen LogP contribution >= 0.6 is 0 Å². The number of carbonyl (C=O) groups is 1. The molecule has 0 spiro atoms. The van der Waals surface area contributed by atoms with E-state index in [1.807, 2.05) is 0 Å². The Hall–Kier alpha value is -1.25. The van der Waals surface area contributed by atoms with Crippen LogP contribution in [0.4, 0.5) is 26.3 Å². The topological polar surface area (TPSA) is 46.5 Å². The first-order valence-corrected chi connectivity index (χ1v) is 8.12. The number of fused-ring (bicyclic) bond motifs is 1. The summed E-state index contributed by atoms with van der Waals surface area (Å²) < 4.78 is 84.6. The van der Waals surface area contributed by atoms with Gasteiger partial charge in [-0.1, -0.05) is 13.0 Å². The lowest BCUT2D eigenvalue weighted by atomic mass is 9.59. The van der Waals surface area contributed by atoms with E-state index in [1.54, 1.807) is 0 Å². The van der Waals surface area contributed by atoms with Gasteiger partial charge < -0.3 is 9.84 Å². The van der Waals surface area contributed by atoms with Crippen molar-refractivity contribution in [2.75, 3.05) is 0 Å². The van der Waals surface area contributed by atoms with E-state index in [0.717, 1.165) is 6.08 Å². The second-order valence-electron chi connectivity index (χ2n) is 6.74. The molecule has 3 nitrogen and oxygen atoms in total. The van der Waals surface area contributed by atoms with Crippen molar-refractivity contribution in [2.24, 2.45) is 17.8 Å². The molecule has 0 amide bonds. The number of halogens is 6. The maximum atomic E-state index is 13.2. The molecule has 2 aliphatic rings. The summed E-state index contributed by atoms with van der Waals surface area (Å²) in [6.07, 6.45) is -10.6. The summed E-state index contributed by atoms with van der Waals surface area (Å²) >= 11 is 0. The van der Waals surface area contributed by atoms with Crippen molar-refractivity contribution < 1.29 is 41.0 Å². The summed E-state index contributed by atoms with van der Waals surface area (Å²) in [6.45, 7) is 3.24. The molecule has 2 saturated carbocycles. The molecule has 0 heterocycles. The Labute approximate surface area is 141 Å². The molecular formula is C16H20F6O3. The van der Waals surface area contributed by atoms with E-state index >= 15 is 0 Å². The fourth-order valence-electron chi connectivity index (χ4n) is 4.39. The number of rotatable bonds is 3. The van der Waals surface area contributed by atoms with Gasteiger partial charge in [-0.25, -0.2) is 4.79 Å². The van der Waals surface area contributed by atoms with Crippen LogP contribution in [0.2, 0.25) is 0 Å². The first-order valence-electron chi connectivity index (χ1n) is 8.12. The number of aliphatic hydroxyl groups is 1. The van der Waals surface area contributed by atoms with Crippen LogP contribution in [0, 0.1) is 17.8 Å².